The van der Waals surface area contributed by atoms with Crippen LogP contribution in [-0.2, 0) is 24.1 Å². The monoisotopic (exact) mass is 378 g/mol. The van der Waals surface area contributed by atoms with Crippen LogP contribution >= 0.6 is 23.1 Å². The highest BCUT2D eigenvalue weighted by atomic mass is 32.2. The summed E-state index contributed by atoms with van der Waals surface area (Å²) in [4.78, 5) is 20.7. The molecule has 3 heterocycles. The molecule has 0 radical (unpaired) electrons. The molecule has 4 rings (SSSR count). The van der Waals surface area contributed by atoms with Gasteiger partial charge in [0.1, 0.15) is 4.83 Å². The second-order valence-corrected chi connectivity index (χ2v) is 9.61. The van der Waals surface area contributed by atoms with Crippen molar-refractivity contribution in [3.8, 4) is 0 Å². The molecule has 1 fully saturated rings. The number of nitrogens with zero attached hydrogens (tertiary/aromatic N) is 2. The van der Waals surface area contributed by atoms with E-state index in [0.29, 0.717) is 12.5 Å². The minimum absolute atomic E-state index is 0.157. The summed E-state index contributed by atoms with van der Waals surface area (Å²) in [5.41, 5.74) is 1.44. The first-order valence-electron chi connectivity index (χ1n) is 9.43. The highest BCUT2D eigenvalue weighted by Gasteiger charge is 2.24. The van der Waals surface area contributed by atoms with E-state index in [-0.39, 0.29) is 11.7 Å². The highest BCUT2D eigenvalue weighted by molar-refractivity contribution is 7.99. The van der Waals surface area contributed by atoms with Crippen molar-refractivity contribution >= 4 is 33.3 Å². The van der Waals surface area contributed by atoms with Gasteiger partial charge in [0.15, 0.2) is 5.16 Å². The van der Waals surface area contributed by atoms with Gasteiger partial charge < -0.3 is 4.74 Å². The Morgan fingerprint density at radius 3 is 2.92 bits per heavy atom. The number of aryl methyl sites for hydroxylation is 2. The second-order valence-electron chi connectivity index (χ2n) is 7.54. The standard InChI is InChI=1S/C19H26N2O2S2/c1-12(2)11-24-19-20-17-16(14-7-3-4-8-15(14)25-17)18(22)21(19)10-13-6-5-9-23-13/h12-13H,3-11H2,1-2H3/t13-/m0/s1. The highest BCUT2D eigenvalue weighted by Crippen LogP contribution is 2.35. The summed E-state index contributed by atoms with van der Waals surface area (Å²) in [6.07, 6.45) is 6.86. The first-order chi connectivity index (χ1) is 12.1. The molecule has 136 valence electrons. The van der Waals surface area contributed by atoms with Gasteiger partial charge in [0, 0.05) is 17.2 Å². The van der Waals surface area contributed by atoms with Crippen molar-refractivity contribution in [2.45, 2.75) is 70.2 Å². The van der Waals surface area contributed by atoms with Gasteiger partial charge in [-0.15, -0.1) is 11.3 Å². The smallest absolute Gasteiger partial charge is 0.263 e. The lowest BCUT2D eigenvalue weighted by atomic mass is 9.97. The minimum Gasteiger partial charge on any atom is -0.376 e. The molecule has 0 unspecified atom stereocenters. The van der Waals surface area contributed by atoms with Gasteiger partial charge >= 0.3 is 0 Å². The molecule has 0 aromatic carbocycles. The third kappa shape index (κ3) is 3.53. The molecule has 1 aliphatic carbocycles. The van der Waals surface area contributed by atoms with Crippen LogP contribution in [0.5, 0.6) is 0 Å². The molecular weight excluding hydrogens is 352 g/mol. The van der Waals surface area contributed by atoms with Crippen LogP contribution in [0.15, 0.2) is 9.95 Å². The lowest BCUT2D eigenvalue weighted by molar-refractivity contribution is 0.0937. The zero-order chi connectivity index (χ0) is 17.4. The molecule has 1 saturated heterocycles. The van der Waals surface area contributed by atoms with Crippen LogP contribution in [0.1, 0.15) is 50.0 Å². The Hall–Kier alpha value is -0.850. The molecule has 0 amide bonds. The van der Waals surface area contributed by atoms with Gasteiger partial charge in [0.25, 0.3) is 5.56 Å². The number of thioether (sulfide) groups is 1. The first kappa shape index (κ1) is 17.6. The molecular formula is C19H26N2O2S2. The van der Waals surface area contributed by atoms with E-state index in [0.717, 1.165) is 53.4 Å². The zero-order valence-electron chi connectivity index (χ0n) is 15.0. The van der Waals surface area contributed by atoms with E-state index < -0.39 is 0 Å². The summed E-state index contributed by atoms with van der Waals surface area (Å²) in [6, 6.07) is 0. The van der Waals surface area contributed by atoms with E-state index in [1.807, 2.05) is 4.57 Å². The predicted octanol–water partition coefficient (Wildman–Crippen LogP) is 4.26. The Bertz CT molecular complexity index is 819. The number of aromatic nitrogens is 2. The van der Waals surface area contributed by atoms with Crippen molar-refractivity contribution in [3.05, 3.63) is 20.8 Å². The third-order valence-corrected chi connectivity index (χ3v) is 7.58. The van der Waals surface area contributed by atoms with E-state index in [2.05, 4.69) is 13.8 Å². The Balaban J connectivity index is 1.80. The van der Waals surface area contributed by atoms with E-state index in [1.54, 1.807) is 23.1 Å². The first-order valence-corrected chi connectivity index (χ1v) is 11.2. The van der Waals surface area contributed by atoms with Crippen molar-refractivity contribution in [1.82, 2.24) is 9.55 Å². The van der Waals surface area contributed by atoms with Crippen LogP contribution in [0.3, 0.4) is 0 Å². The maximum absolute atomic E-state index is 13.4. The molecule has 0 bridgehead atoms. The predicted molar refractivity (Wildman–Crippen MR) is 105 cm³/mol. The Labute approximate surface area is 157 Å². The van der Waals surface area contributed by atoms with Crippen LogP contribution in [0.2, 0.25) is 0 Å². The average molecular weight is 379 g/mol. The second kappa shape index (κ2) is 7.41. The van der Waals surface area contributed by atoms with Crippen LogP contribution in [0, 0.1) is 5.92 Å². The fourth-order valence-corrected chi connectivity index (χ4v) is 5.99. The number of rotatable bonds is 5. The van der Waals surface area contributed by atoms with E-state index in [1.165, 1.54) is 23.3 Å². The van der Waals surface area contributed by atoms with E-state index in [9.17, 15) is 4.79 Å². The number of fused-ring (bicyclic) bond motifs is 3. The van der Waals surface area contributed by atoms with Gasteiger partial charge in [-0.2, -0.15) is 0 Å². The molecule has 6 heteroatoms. The van der Waals surface area contributed by atoms with Gasteiger partial charge in [-0.3, -0.25) is 9.36 Å². The van der Waals surface area contributed by atoms with Crippen molar-refractivity contribution in [3.63, 3.8) is 0 Å². The van der Waals surface area contributed by atoms with Gasteiger partial charge in [0.2, 0.25) is 0 Å². The quantitative estimate of drug-likeness (QED) is 0.576. The fraction of sp³-hybridized carbons (Fsp3) is 0.684. The summed E-state index contributed by atoms with van der Waals surface area (Å²) in [5, 5.41) is 1.77. The van der Waals surface area contributed by atoms with Gasteiger partial charge in [-0.25, -0.2) is 4.98 Å². The van der Waals surface area contributed by atoms with Crippen molar-refractivity contribution in [2.24, 2.45) is 5.92 Å². The Kier molecular flexibility index (Phi) is 5.20. The van der Waals surface area contributed by atoms with Crippen LogP contribution < -0.4 is 5.56 Å². The largest absolute Gasteiger partial charge is 0.376 e. The average Bonchev–Trinajstić information content (AvgIpc) is 3.22. The van der Waals surface area contributed by atoms with Crippen molar-refractivity contribution in [1.29, 1.82) is 0 Å². The Morgan fingerprint density at radius 2 is 2.16 bits per heavy atom. The van der Waals surface area contributed by atoms with Gasteiger partial charge in [0.05, 0.1) is 18.0 Å². The van der Waals surface area contributed by atoms with Crippen LogP contribution in [0.25, 0.3) is 10.2 Å². The van der Waals surface area contributed by atoms with E-state index >= 15 is 0 Å². The maximum atomic E-state index is 13.4. The number of hydrogen-bond donors (Lipinski definition) is 0. The van der Waals surface area contributed by atoms with Gasteiger partial charge in [-0.05, 0) is 50.0 Å². The number of ether oxygens (including phenoxy) is 1. The summed E-state index contributed by atoms with van der Waals surface area (Å²) in [5.74, 6) is 1.56. The lowest BCUT2D eigenvalue weighted by Gasteiger charge is -2.17. The molecule has 4 nitrogen and oxygen atoms in total. The van der Waals surface area contributed by atoms with Crippen molar-refractivity contribution < 1.29 is 4.74 Å². The number of hydrogen-bond acceptors (Lipinski definition) is 5. The molecule has 2 aliphatic rings. The molecule has 25 heavy (non-hydrogen) atoms. The molecule has 0 spiro atoms. The molecule has 2 aromatic rings. The fourth-order valence-electron chi connectivity index (χ4n) is 3.72. The minimum atomic E-state index is 0.157. The van der Waals surface area contributed by atoms with Crippen molar-refractivity contribution in [2.75, 3.05) is 12.4 Å². The maximum Gasteiger partial charge on any atom is 0.263 e. The van der Waals surface area contributed by atoms with Crippen LogP contribution in [0.4, 0.5) is 0 Å². The zero-order valence-corrected chi connectivity index (χ0v) is 16.7. The summed E-state index contributed by atoms with van der Waals surface area (Å²) in [6.45, 7) is 5.88. The number of thiophene rings is 1. The Morgan fingerprint density at radius 1 is 1.32 bits per heavy atom. The summed E-state index contributed by atoms with van der Waals surface area (Å²) < 4.78 is 7.71. The van der Waals surface area contributed by atoms with Crippen LogP contribution in [-0.4, -0.2) is 28.0 Å². The van der Waals surface area contributed by atoms with Gasteiger partial charge in [-0.1, -0.05) is 25.6 Å². The molecule has 0 saturated carbocycles. The molecule has 1 atom stereocenters. The SMILES string of the molecule is CC(C)CSc1nc2sc3c(c2c(=O)n1C[C@@H]1CCCO1)CCCC3. The molecule has 1 aliphatic heterocycles. The molecule has 0 N–H and O–H groups in total. The summed E-state index contributed by atoms with van der Waals surface area (Å²) in [7, 11) is 0. The topological polar surface area (TPSA) is 44.1 Å². The normalized spacial score (nSPS) is 20.5. The lowest BCUT2D eigenvalue weighted by Crippen LogP contribution is -2.29. The van der Waals surface area contributed by atoms with E-state index in [4.69, 9.17) is 9.72 Å². The molecule has 2 aromatic heterocycles. The summed E-state index contributed by atoms with van der Waals surface area (Å²) >= 11 is 3.46. The third-order valence-electron chi connectivity index (χ3n) is 5.00.